The van der Waals surface area contributed by atoms with Gasteiger partial charge in [0.2, 0.25) is 0 Å². The Morgan fingerprint density at radius 1 is 1.53 bits per heavy atom. The molecule has 0 aromatic heterocycles. The molecule has 0 amide bonds. The topological polar surface area (TPSA) is 52.3 Å². The van der Waals surface area contributed by atoms with Crippen LogP contribution in [0.1, 0.15) is 48.3 Å². The van der Waals surface area contributed by atoms with Crippen molar-refractivity contribution in [3.05, 3.63) is 0 Å². The first-order valence-corrected chi connectivity index (χ1v) is 6.40. The highest BCUT2D eigenvalue weighted by atomic mass is 16.5. The molecule has 3 atom stereocenters. The molecule has 0 aliphatic heterocycles. The fourth-order valence-electron chi connectivity index (χ4n) is 3.06. The van der Waals surface area contributed by atoms with Gasteiger partial charge in [-0.3, -0.25) is 4.79 Å². The molecule has 17 heavy (non-hydrogen) atoms. The van der Waals surface area contributed by atoms with Gasteiger partial charge < -0.3 is 10.5 Å². The summed E-state index contributed by atoms with van der Waals surface area (Å²) < 4.78 is 13.3. The summed E-state index contributed by atoms with van der Waals surface area (Å²) in [5.41, 5.74) is 5.58. The van der Waals surface area contributed by atoms with E-state index in [2.05, 4.69) is 20.8 Å². The molecule has 3 nitrogen and oxygen atoms in total. The van der Waals surface area contributed by atoms with Crippen LogP contribution in [0.25, 0.3) is 0 Å². The number of hydrogen-bond donors (Lipinski definition) is 1. The first kappa shape index (κ1) is 12.9. The summed E-state index contributed by atoms with van der Waals surface area (Å²) in [6, 6.07) is 0. The Morgan fingerprint density at radius 2 is 2.12 bits per heavy atom. The van der Waals surface area contributed by atoms with E-state index < -0.39 is 5.89 Å². The van der Waals surface area contributed by atoms with E-state index >= 15 is 0 Å². The zero-order valence-corrected chi connectivity index (χ0v) is 11.8. The van der Waals surface area contributed by atoms with Crippen LogP contribution in [0.2, 0.25) is 0 Å². The van der Waals surface area contributed by atoms with E-state index in [9.17, 15) is 4.79 Å². The summed E-state index contributed by atoms with van der Waals surface area (Å²) in [4.78, 5) is 11.6. The summed E-state index contributed by atoms with van der Waals surface area (Å²) in [7, 11) is 1.42. The molecule has 0 radical (unpaired) electrons. The average Bonchev–Trinajstić information content (AvgIpc) is 2.31. The molecular weight excluding hydrogens is 214 g/mol. The van der Waals surface area contributed by atoms with Crippen molar-refractivity contribution in [1.29, 1.82) is 0 Å². The van der Waals surface area contributed by atoms with Gasteiger partial charge in [0.15, 0.2) is 0 Å². The van der Waals surface area contributed by atoms with Crippen LogP contribution in [0.4, 0.5) is 0 Å². The molecule has 1 aliphatic carbocycles. The third-order valence-electron chi connectivity index (χ3n) is 5.23. The Hall–Kier alpha value is -0.570. The SMILES string of the molecule is [2H]C1(C)CCC(CN)(CC(=O)OC)C(C)C1(C)C. The lowest BCUT2D eigenvalue weighted by Gasteiger charge is -2.53. The van der Waals surface area contributed by atoms with Gasteiger partial charge >= 0.3 is 5.97 Å². The number of carbonyl (C=O) groups excluding carboxylic acids is 1. The number of nitrogens with two attached hydrogens (primary N) is 1. The monoisotopic (exact) mass is 242 g/mol. The standard InChI is InChI=1S/C14H27NO2/c1-10-6-7-14(9-15,8-12(16)17-5)11(2)13(10,3)4/h10-11H,6-9,15H2,1-5H3/i10D. The van der Waals surface area contributed by atoms with Crippen molar-refractivity contribution < 1.29 is 10.9 Å². The molecular formula is C14H27NO2. The minimum absolute atomic E-state index is 0.168. The second-order valence-electron chi connectivity index (χ2n) is 6.04. The zero-order valence-electron chi connectivity index (χ0n) is 12.8. The smallest absolute Gasteiger partial charge is 0.306 e. The van der Waals surface area contributed by atoms with Gasteiger partial charge in [0.05, 0.1) is 13.5 Å². The Bertz CT molecular complexity index is 328. The van der Waals surface area contributed by atoms with Crippen LogP contribution in [0.3, 0.4) is 0 Å². The van der Waals surface area contributed by atoms with Crippen LogP contribution in [-0.2, 0) is 9.53 Å². The van der Waals surface area contributed by atoms with Crippen molar-refractivity contribution in [2.45, 2.75) is 47.0 Å². The summed E-state index contributed by atoms with van der Waals surface area (Å²) in [5.74, 6) is -0.455. The molecule has 1 saturated carbocycles. The predicted molar refractivity (Wildman–Crippen MR) is 69.5 cm³/mol. The van der Waals surface area contributed by atoms with Crippen LogP contribution in [0.15, 0.2) is 0 Å². The van der Waals surface area contributed by atoms with E-state index in [0.29, 0.717) is 13.0 Å². The van der Waals surface area contributed by atoms with Gasteiger partial charge in [-0.25, -0.2) is 0 Å². The second-order valence-corrected chi connectivity index (χ2v) is 6.04. The molecule has 0 aromatic carbocycles. The van der Waals surface area contributed by atoms with Gasteiger partial charge in [0.1, 0.15) is 0 Å². The van der Waals surface area contributed by atoms with Crippen LogP contribution in [0, 0.1) is 22.6 Å². The quantitative estimate of drug-likeness (QED) is 0.774. The predicted octanol–water partition coefficient (Wildman–Crippen LogP) is 2.59. The van der Waals surface area contributed by atoms with E-state index in [-0.39, 0.29) is 22.7 Å². The number of methoxy groups -OCH3 is 1. The minimum Gasteiger partial charge on any atom is -0.469 e. The fraction of sp³-hybridized carbons (Fsp3) is 0.929. The molecule has 100 valence electrons. The van der Waals surface area contributed by atoms with Crippen molar-refractivity contribution in [3.8, 4) is 0 Å². The summed E-state index contributed by atoms with van der Waals surface area (Å²) in [6.07, 6.45) is 1.96. The van der Waals surface area contributed by atoms with Crippen molar-refractivity contribution in [2.75, 3.05) is 13.7 Å². The molecule has 0 aromatic rings. The van der Waals surface area contributed by atoms with Crippen molar-refractivity contribution in [1.82, 2.24) is 0 Å². The van der Waals surface area contributed by atoms with Crippen molar-refractivity contribution in [2.24, 2.45) is 28.4 Å². The lowest BCUT2D eigenvalue weighted by Crippen LogP contribution is -2.51. The molecule has 0 saturated heterocycles. The Morgan fingerprint density at radius 3 is 2.59 bits per heavy atom. The van der Waals surface area contributed by atoms with Crippen LogP contribution in [-0.4, -0.2) is 19.6 Å². The molecule has 3 unspecified atom stereocenters. The van der Waals surface area contributed by atoms with E-state index in [1.165, 1.54) is 7.11 Å². The lowest BCUT2D eigenvalue weighted by molar-refractivity contribution is -0.147. The molecule has 3 heteroatoms. The highest BCUT2D eigenvalue weighted by Gasteiger charge is 2.50. The minimum atomic E-state index is -0.471. The Labute approximate surface area is 106 Å². The summed E-state index contributed by atoms with van der Waals surface area (Å²) >= 11 is 0. The van der Waals surface area contributed by atoms with Gasteiger partial charge in [-0.15, -0.1) is 0 Å². The largest absolute Gasteiger partial charge is 0.469 e. The average molecular weight is 242 g/mol. The van der Waals surface area contributed by atoms with Crippen LogP contribution < -0.4 is 5.73 Å². The first-order chi connectivity index (χ1) is 8.13. The number of rotatable bonds is 3. The zero-order chi connectivity index (χ0) is 14.2. The third kappa shape index (κ3) is 2.49. The maximum absolute atomic E-state index is 11.6. The Kier molecular flexibility index (Phi) is 3.76. The molecule has 2 N–H and O–H groups in total. The van der Waals surface area contributed by atoms with Crippen LogP contribution in [0.5, 0.6) is 0 Å². The van der Waals surface area contributed by atoms with Crippen molar-refractivity contribution in [3.63, 3.8) is 0 Å². The molecule has 1 aliphatic rings. The Balaban J connectivity index is 3.06. The number of hydrogen-bond acceptors (Lipinski definition) is 3. The molecule has 0 spiro atoms. The van der Waals surface area contributed by atoms with E-state index in [1.54, 1.807) is 0 Å². The van der Waals surface area contributed by atoms with Crippen molar-refractivity contribution >= 4 is 5.97 Å². The maximum Gasteiger partial charge on any atom is 0.306 e. The summed E-state index contributed by atoms with van der Waals surface area (Å²) in [6.45, 7) is 8.82. The maximum atomic E-state index is 11.6. The number of ether oxygens (including phenoxy) is 1. The lowest BCUT2D eigenvalue weighted by atomic mass is 9.52. The number of esters is 1. The third-order valence-corrected chi connectivity index (χ3v) is 5.23. The first-order valence-electron chi connectivity index (χ1n) is 6.90. The second kappa shape index (κ2) is 4.97. The number of carbonyl (C=O) groups is 1. The van der Waals surface area contributed by atoms with Gasteiger partial charge in [-0.2, -0.15) is 0 Å². The highest BCUT2D eigenvalue weighted by molar-refractivity contribution is 5.70. The summed E-state index contributed by atoms with van der Waals surface area (Å²) in [5, 5.41) is 0. The highest BCUT2D eigenvalue weighted by Crippen LogP contribution is 2.54. The van der Waals surface area contributed by atoms with Crippen LogP contribution >= 0.6 is 0 Å². The normalized spacial score (nSPS) is 41.8. The molecule has 1 fully saturated rings. The van der Waals surface area contributed by atoms with E-state index in [0.717, 1.165) is 12.8 Å². The molecule has 0 heterocycles. The van der Waals surface area contributed by atoms with Gasteiger partial charge in [0.25, 0.3) is 0 Å². The van der Waals surface area contributed by atoms with E-state index in [4.69, 9.17) is 11.8 Å². The van der Waals surface area contributed by atoms with Gasteiger partial charge in [-0.05, 0) is 42.0 Å². The van der Waals surface area contributed by atoms with Gasteiger partial charge in [0, 0.05) is 1.37 Å². The van der Waals surface area contributed by atoms with Gasteiger partial charge in [-0.1, -0.05) is 27.7 Å². The molecule has 1 rings (SSSR count). The van der Waals surface area contributed by atoms with E-state index in [1.807, 2.05) is 6.92 Å². The fourth-order valence-corrected chi connectivity index (χ4v) is 3.06. The molecule has 0 bridgehead atoms.